The van der Waals surface area contributed by atoms with Gasteiger partial charge in [0.15, 0.2) is 11.6 Å². The first kappa shape index (κ1) is 61.6. The number of methoxy groups -OCH3 is 2. The molecule has 2 aliphatic rings. The van der Waals surface area contributed by atoms with Crippen molar-refractivity contribution < 1.29 is 57.0 Å². The summed E-state index contributed by atoms with van der Waals surface area (Å²) in [6.07, 6.45) is 1.14. The number of nitrogens with one attached hydrogen (secondary N) is 1. The maximum atomic E-state index is 13.4. The third kappa shape index (κ3) is 17.5. The first-order valence-corrected chi connectivity index (χ1v) is 28.2. The highest BCUT2D eigenvalue weighted by Crippen LogP contribution is 2.37. The normalized spacial score (nSPS) is 14.4. The van der Waals surface area contributed by atoms with Crippen LogP contribution in [-0.4, -0.2) is 179 Å². The molecule has 4 heterocycles. The molecule has 2 aliphatic heterocycles. The molecule has 6 aromatic rings. The molecule has 0 saturated carbocycles. The van der Waals surface area contributed by atoms with Gasteiger partial charge in [0.2, 0.25) is 5.91 Å². The van der Waals surface area contributed by atoms with Crippen LogP contribution in [0.25, 0.3) is 11.4 Å². The second-order valence-corrected chi connectivity index (χ2v) is 19.8. The molecule has 0 unspecified atom stereocenters. The number of rotatable bonds is 36. The van der Waals surface area contributed by atoms with E-state index in [9.17, 15) is 9.59 Å². The van der Waals surface area contributed by atoms with Gasteiger partial charge in [-0.05, 0) is 80.9 Å². The van der Waals surface area contributed by atoms with Crippen LogP contribution in [0.4, 0.5) is 0 Å². The number of benzene rings is 4. The Bertz CT molecular complexity index is 2860. The second-order valence-electron chi connectivity index (χ2n) is 18.9. The molecule has 4 aromatic carbocycles. The standard InChI is InChI=1S/C59H71Cl2N9O12/c1-40-65-67-58-51(63-56(42-7-11-44(60)12-8-42)49-37-47(73-3)15-17-53(49)69(40)58)36-46(71)6-5-20-75-22-24-77-26-28-79-30-32-81-34-35-82-33-31-80-29-27-78-25-23-76-21-19-62-55(72)39-52-59-68-66-41(2)70(59)54-18-16-48(74-4)38-50(54)57(64-52)43-9-13-45(61)14-10-43/h7-18,37-38,51-52H,5-6,19-36,39H2,1-4H3,(H,62,72)/t51-,52-/m0/s1. The highest BCUT2D eigenvalue weighted by Gasteiger charge is 2.32. The van der Waals surface area contributed by atoms with Crippen LogP contribution in [0, 0.1) is 13.8 Å². The molecule has 438 valence electrons. The van der Waals surface area contributed by atoms with E-state index in [0.717, 1.165) is 39.3 Å². The number of hydrogen-bond donors (Lipinski definition) is 1. The fourth-order valence-corrected chi connectivity index (χ4v) is 9.45. The lowest BCUT2D eigenvalue weighted by Gasteiger charge is -2.14. The number of aliphatic imine (C=N–C) groups is 2. The monoisotopic (exact) mass is 1170 g/mol. The number of nitrogens with zero attached hydrogens (tertiary/aromatic N) is 8. The molecular weight excluding hydrogens is 1100 g/mol. The first-order chi connectivity index (χ1) is 40.1. The lowest BCUT2D eigenvalue weighted by atomic mass is 9.99. The van der Waals surface area contributed by atoms with E-state index in [4.69, 9.17) is 80.6 Å². The topological polar surface area (TPSA) is 225 Å². The van der Waals surface area contributed by atoms with Gasteiger partial charge in [-0.15, -0.1) is 20.4 Å². The summed E-state index contributed by atoms with van der Waals surface area (Å²) in [6.45, 7) is 10.8. The molecule has 8 rings (SSSR count). The molecule has 21 nitrogen and oxygen atoms in total. The third-order valence-corrected chi connectivity index (χ3v) is 13.7. The summed E-state index contributed by atoms with van der Waals surface area (Å²) in [4.78, 5) is 36.8. The summed E-state index contributed by atoms with van der Waals surface area (Å²) in [5, 5.41) is 21.8. The maximum absolute atomic E-state index is 13.4. The summed E-state index contributed by atoms with van der Waals surface area (Å²) >= 11 is 12.5. The number of halogens is 2. The van der Waals surface area contributed by atoms with Gasteiger partial charge in [0.05, 0.1) is 143 Å². The molecule has 2 atom stereocenters. The number of Topliss-reactive ketones (excluding diaryl/α,β-unsaturated/α-hetero) is 1. The quantitative estimate of drug-likeness (QED) is 0.0373. The number of hydrogen-bond acceptors (Lipinski definition) is 18. The summed E-state index contributed by atoms with van der Waals surface area (Å²) in [5.41, 5.74) is 6.50. The van der Waals surface area contributed by atoms with Crippen molar-refractivity contribution in [2.75, 3.05) is 126 Å². The smallest absolute Gasteiger partial charge is 0.222 e. The molecule has 1 amide bonds. The third-order valence-electron chi connectivity index (χ3n) is 13.2. The summed E-state index contributed by atoms with van der Waals surface area (Å²) in [7, 11) is 3.24. The van der Waals surface area contributed by atoms with E-state index >= 15 is 0 Å². The Morgan fingerprint density at radius 3 is 1.27 bits per heavy atom. The van der Waals surface area contributed by atoms with Crippen LogP contribution in [-0.2, 0) is 47.5 Å². The van der Waals surface area contributed by atoms with Gasteiger partial charge < -0.3 is 52.7 Å². The van der Waals surface area contributed by atoms with Crippen molar-refractivity contribution in [1.29, 1.82) is 0 Å². The first-order valence-electron chi connectivity index (χ1n) is 27.4. The van der Waals surface area contributed by atoms with Crippen molar-refractivity contribution in [3.05, 3.63) is 141 Å². The highest BCUT2D eigenvalue weighted by molar-refractivity contribution is 6.31. The molecule has 0 spiro atoms. The molecule has 0 radical (unpaired) electrons. The molecule has 1 N–H and O–H groups in total. The maximum Gasteiger partial charge on any atom is 0.222 e. The van der Waals surface area contributed by atoms with E-state index in [1.54, 1.807) is 14.2 Å². The molecule has 0 saturated heterocycles. The van der Waals surface area contributed by atoms with Crippen molar-refractivity contribution in [3.8, 4) is 22.9 Å². The number of fused-ring (bicyclic) bond motifs is 6. The van der Waals surface area contributed by atoms with Gasteiger partial charge in [0, 0.05) is 58.3 Å². The minimum atomic E-state index is -0.606. The fourth-order valence-electron chi connectivity index (χ4n) is 9.19. The zero-order chi connectivity index (χ0) is 57.5. The van der Waals surface area contributed by atoms with Gasteiger partial charge in [-0.25, -0.2) is 0 Å². The van der Waals surface area contributed by atoms with Gasteiger partial charge in [-0.1, -0.05) is 47.5 Å². The Morgan fingerprint density at radius 1 is 0.488 bits per heavy atom. The van der Waals surface area contributed by atoms with Crippen LogP contribution in [0.1, 0.15) is 83.3 Å². The van der Waals surface area contributed by atoms with Gasteiger partial charge in [0.25, 0.3) is 0 Å². The van der Waals surface area contributed by atoms with E-state index in [2.05, 4.69) is 25.7 Å². The molecule has 2 aromatic heterocycles. The van der Waals surface area contributed by atoms with Gasteiger partial charge in [-0.2, -0.15) is 0 Å². The van der Waals surface area contributed by atoms with E-state index < -0.39 is 12.1 Å². The average molecular weight is 1170 g/mol. The zero-order valence-electron chi connectivity index (χ0n) is 46.8. The van der Waals surface area contributed by atoms with Crippen molar-refractivity contribution in [1.82, 2.24) is 34.8 Å². The van der Waals surface area contributed by atoms with E-state index in [1.807, 2.05) is 108 Å². The predicted octanol–water partition coefficient (Wildman–Crippen LogP) is 7.65. The highest BCUT2D eigenvalue weighted by atomic mass is 35.5. The SMILES string of the molecule is COc1ccc2c(c1)C(c1ccc(Cl)cc1)=N[C@@H](CC(=O)CCCOCCOCCOCCOCCOCCOCCOCCOCCNC(=O)C[C@@H]1N=C(c3ccc(Cl)cc3)c3cc(OC)ccc3-n3c(C)nnc31)c1nnc(C)n1-2. The molecule has 23 heteroatoms. The lowest BCUT2D eigenvalue weighted by molar-refractivity contribution is -0.122. The fraction of sp³-hybridized carbons (Fsp3) is 0.458. The Balaban J connectivity index is 0.585. The average Bonchev–Trinajstić information content (AvgIpc) is 4.24. The largest absolute Gasteiger partial charge is 0.497 e. The van der Waals surface area contributed by atoms with E-state index in [0.29, 0.717) is 176 Å². The molecule has 0 fully saturated rings. The molecule has 0 aliphatic carbocycles. The minimum Gasteiger partial charge on any atom is -0.497 e. The summed E-state index contributed by atoms with van der Waals surface area (Å²) < 4.78 is 60.0. The van der Waals surface area contributed by atoms with Crippen LogP contribution in [0.2, 0.25) is 10.0 Å². The Hall–Kier alpha value is -6.50. The second kappa shape index (κ2) is 32.4. The van der Waals surface area contributed by atoms with Crippen molar-refractivity contribution in [3.63, 3.8) is 0 Å². The van der Waals surface area contributed by atoms with Crippen LogP contribution in [0.5, 0.6) is 11.5 Å². The summed E-state index contributed by atoms with van der Waals surface area (Å²) in [5.74, 6) is 3.77. The number of carbonyl (C=O) groups is 2. The van der Waals surface area contributed by atoms with Gasteiger partial charge in [0.1, 0.15) is 41.0 Å². The number of ketones is 1. The Morgan fingerprint density at radius 2 is 0.866 bits per heavy atom. The van der Waals surface area contributed by atoms with Crippen LogP contribution in [0.15, 0.2) is 94.9 Å². The van der Waals surface area contributed by atoms with Crippen LogP contribution >= 0.6 is 23.2 Å². The van der Waals surface area contributed by atoms with Crippen molar-refractivity contribution >= 4 is 46.3 Å². The van der Waals surface area contributed by atoms with Crippen LogP contribution in [0.3, 0.4) is 0 Å². The van der Waals surface area contributed by atoms with E-state index in [1.165, 1.54) is 0 Å². The number of carbonyl (C=O) groups excluding carboxylic acids is 2. The van der Waals surface area contributed by atoms with E-state index in [-0.39, 0.29) is 24.5 Å². The van der Waals surface area contributed by atoms with Crippen molar-refractivity contribution in [2.45, 2.75) is 51.6 Å². The zero-order valence-corrected chi connectivity index (χ0v) is 48.3. The molecular formula is C59H71Cl2N9O12. The number of amides is 1. The number of aryl methyl sites for hydroxylation is 2. The van der Waals surface area contributed by atoms with Gasteiger partial charge in [-0.3, -0.25) is 28.7 Å². The van der Waals surface area contributed by atoms with Gasteiger partial charge >= 0.3 is 0 Å². The molecule has 0 bridgehead atoms. The lowest BCUT2D eigenvalue weighted by Crippen LogP contribution is -2.29. The number of ether oxygens (including phenoxy) is 10. The Labute approximate surface area is 487 Å². The van der Waals surface area contributed by atoms with Crippen LogP contribution < -0.4 is 14.8 Å². The predicted molar refractivity (Wildman–Crippen MR) is 308 cm³/mol. The van der Waals surface area contributed by atoms with Crippen molar-refractivity contribution in [2.24, 2.45) is 9.98 Å². The Kier molecular flexibility index (Phi) is 24.3. The number of aromatic nitrogens is 6. The minimum absolute atomic E-state index is 0.0550. The molecule has 82 heavy (non-hydrogen) atoms. The summed E-state index contributed by atoms with van der Waals surface area (Å²) in [6, 6.07) is 25.3.